The lowest BCUT2D eigenvalue weighted by Crippen LogP contribution is -2.40. The fourth-order valence-corrected chi connectivity index (χ4v) is 3.00. The monoisotopic (exact) mass is 252 g/mol. The molecule has 0 aromatic heterocycles. The maximum absolute atomic E-state index is 12.0. The molecule has 0 aliphatic carbocycles. The van der Waals surface area contributed by atoms with Gasteiger partial charge in [-0.3, -0.25) is 14.8 Å². The van der Waals surface area contributed by atoms with E-state index in [1.165, 1.54) is 11.8 Å². The standard InChI is InChI=1S/C11H12N2O3S/c1-13-7-4-2-3-5-8(7)17-9(11(13)15)6-10(14)12-16/h2-5,9,16H,6H2,1H3,(H,12,14). The van der Waals surface area contributed by atoms with Gasteiger partial charge in [-0.25, -0.2) is 5.48 Å². The van der Waals surface area contributed by atoms with Crippen LogP contribution in [-0.4, -0.2) is 29.3 Å². The van der Waals surface area contributed by atoms with E-state index in [4.69, 9.17) is 5.21 Å². The van der Waals surface area contributed by atoms with Crippen LogP contribution in [0.25, 0.3) is 0 Å². The van der Waals surface area contributed by atoms with Gasteiger partial charge in [0.05, 0.1) is 10.9 Å². The highest BCUT2D eigenvalue weighted by Crippen LogP contribution is 2.39. The highest BCUT2D eigenvalue weighted by atomic mass is 32.2. The molecule has 0 spiro atoms. The summed E-state index contributed by atoms with van der Waals surface area (Å²) in [4.78, 5) is 25.6. The Kier molecular flexibility index (Phi) is 3.35. The molecule has 0 fully saturated rings. The Hall–Kier alpha value is -1.53. The fraction of sp³-hybridized carbons (Fsp3) is 0.273. The predicted octanol–water partition coefficient (Wildman–Crippen LogP) is 1.02. The van der Waals surface area contributed by atoms with E-state index in [-0.39, 0.29) is 12.3 Å². The summed E-state index contributed by atoms with van der Waals surface area (Å²) in [5, 5.41) is 7.99. The summed E-state index contributed by atoms with van der Waals surface area (Å²) in [5.74, 6) is -0.680. The van der Waals surface area contributed by atoms with Crippen molar-refractivity contribution in [1.29, 1.82) is 0 Å². The number of carbonyl (C=O) groups is 2. The molecule has 0 radical (unpaired) electrons. The van der Waals surface area contributed by atoms with Crippen molar-refractivity contribution in [3.05, 3.63) is 24.3 Å². The van der Waals surface area contributed by atoms with Crippen LogP contribution in [0.3, 0.4) is 0 Å². The van der Waals surface area contributed by atoms with Crippen LogP contribution >= 0.6 is 11.8 Å². The third-order valence-corrected chi connectivity index (χ3v) is 3.85. The lowest BCUT2D eigenvalue weighted by atomic mass is 10.2. The maximum Gasteiger partial charge on any atom is 0.244 e. The molecule has 1 aliphatic rings. The number of fused-ring (bicyclic) bond motifs is 1. The minimum atomic E-state index is -0.552. The summed E-state index contributed by atoms with van der Waals surface area (Å²) in [6.45, 7) is 0. The highest BCUT2D eigenvalue weighted by molar-refractivity contribution is 8.01. The predicted molar refractivity (Wildman–Crippen MR) is 64.0 cm³/mol. The Morgan fingerprint density at radius 3 is 2.94 bits per heavy atom. The number of nitrogens with zero attached hydrogens (tertiary/aromatic N) is 1. The van der Waals surface area contributed by atoms with Crippen molar-refractivity contribution in [2.45, 2.75) is 16.6 Å². The van der Waals surface area contributed by atoms with Crippen LogP contribution in [-0.2, 0) is 9.59 Å². The molecule has 90 valence electrons. The number of nitrogens with one attached hydrogen (secondary N) is 1. The third kappa shape index (κ3) is 2.27. The second kappa shape index (κ2) is 4.77. The summed E-state index contributed by atoms with van der Waals surface area (Å²) in [5.41, 5.74) is 2.40. The molecular weight excluding hydrogens is 240 g/mol. The van der Waals surface area contributed by atoms with Gasteiger partial charge in [-0.1, -0.05) is 12.1 Å². The van der Waals surface area contributed by atoms with Crippen LogP contribution in [0.2, 0.25) is 0 Å². The average molecular weight is 252 g/mol. The zero-order valence-corrected chi connectivity index (χ0v) is 10.0. The Morgan fingerprint density at radius 2 is 2.24 bits per heavy atom. The zero-order valence-electron chi connectivity index (χ0n) is 9.21. The molecule has 2 N–H and O–H groups in total. The van der Waals surface area contributed by atoms with Crippen LogP contribution in [0.5, 0.6) is 0 Å². The summed E-state index contributed by atoms with van der Waals surface area (Å²) in [6.07, 6.45) is -0.0291. The van der Waals surface area contributed by atoms with Crippen LogP contribution < -0.4 is 10.4 Å². The van der Waals surface area contributed by atoms with Gasteiger partial charge in [0.1, 0.15) is 0 Å². The molecule has 1 aliphatic heterocycles. The van der Waals surface area contributed by atoms with Crippen LogP contribution in [0, 0.1) is 0 Å². The van der Waals surface area contributed by atoms with Crippen LogP contribution in [0.15, 0.2) is 29.2 Å². The molecular formula is C11H12N2O3S. The first-order valence-electron chi connectivity index (χ1n) is 5.09. The number of hydrogen-bond acceptors (Lipinski definition) is 4. The summed E-state index contributed by atoms with van der Waals surface area (Å²) < 4.78 is 0. The number of benzene rings is 1. The molecule has 6 heteroatoms. The molecule has 0 bridgehead atoms. The molecule has 2 amide bonds. The van der Waals surface area contributed by atoms with E-state index in [1.54, 1.807) is 17.4 Å². The number of hydroxylamine groups is 1. The molecule has 5 nitrogen and oxygen atoms in total. The second-order valence-electron chi connectivity index (χ2n) is 3.71. The van der Waals surface area contributed by atoms with Crippen LogP contribution in [0.4, 0.5) is 5.69 Å². The van der Waals surface area contributed by atoms with Gasteiger partial charge in [-0.05, 0) is 12.1 Å². The molecule has 17 heavy (non-hydrogen) atoms. The molecule has 2 rings (SSSR count). The molecule has 1 unspecified atom stereocenters. The Morgan fingerprint density at radius 1 is 1.53 bits per heavy atom. The number of hydrogen-bond donors (Lipinski definition) is 2. The van der Waals surface area contributed by atoms with Crippen molar-refractivity contribution in [2.24, 2.45) is 0 Å². The zero-order chi connectivity index (χ0) is 12.4. The lowest BCUT2D eigenvalue weighted by molar-refractivity contribution is -0.131. The SMILES string of the molecule is CN1C(=O)C(CC(=O)NO)Sc2ccccc21. The van der Waals surface area contributed by atoms with Gasteiger partial charge < -0.3 is 4.90 Å². The van der Waals surface area contributed by atoms with E-state index >= 15 is 0 Å². The smallest absolute Gasteiger partial charge is 0.244 e. The molecule has 1 heterocycles. The van der Waals surface area contributed by atoms with E-state index in [2.05, 4.69) is 0 Å². The number of para-hydroxylation sites is 1. The number of rotatable bonds is 2. The molecule has 1 atom stereocenters. The third-order valence-electron chi connectivity index (χ3n) is 2.60. The summed E-state index contributed by atoms with van der Waals surface area (Å²) in [6, 6.07) is 7.53. The Bertz CT molecular complexity index is 464. The lowest BCUT2D eigenvalue weighted by Gasteiger charge is -2.30. The van der Waals surface area contributed by atoms with E-state index in [0.717, 1.165) is 10.6 Å². The van der Waals surface area contributed by atoms with Gasteiger partial charge >= 0.3 is 0 Å². The Labute approximate surface area is 103 Å². The summed E-state index contributed by atoms with van der Waals surface area (Å²) in [7, 11) is 1.69. The van der Waals surface area contributed by atoms with Crippen molar-refractivity contribution in [3.63, 3.8) is 0 Å². The first-order chi connectivity index (χ1) is 8.13. The second-order valence-corrected chi connectivity index (χ2v) is 4.96. The van der Waals surface area contributed by atoms with Crippen molar-refractivity contribution >= 4 is 29.3 Å². The number of anilines is 1. The maximum atomic E-state index is 12.0. The number of carbonyl (C=O) groups excluding carboxylic acids is 2. The van der Waals surface area contributed by atoms with Gasteiger partial charge in [0.15, 0.2) is 0 Å². The van der Waals surface area contributed by atoms with Crippen LogP contribution in [0.1, 0.15) is 6.42 Å². The number of thioether (sulfide) groups is 1. The Balaban J connectivity index is 2.25. The number of amides is 2. The molecule has 0 saturated heterocycles. The fourth-order valence-electron chi connectivity index (χ4n) is 1.72. The highest BCUT2D eigenvalue weighted by Gasteiger charge is 2.32. The molecule has 0 saturated carbocycles. The van der Waals surface area contributed by atoms with E-state index < -0.39 is 11.2 Å². The van der Waals surface area contributed by atoms with Gasteiger partial charge in [-0.15, -0.1) is 11.8 Å². The largest absolute Gasteiger partial charge is 0.313 e. The van der Waals surface area contributed by atoms with Gasteiger partial charge in [0, 0.05) is 18.4 Å². The van der Waals surface area contributed by atoms with E-state index in [9.17, 15) is 9.59 Å². The van der Waals surface area contributed by atoms with Gasteiger partial charge in [0.25, 0.3) is 0 Å². The molecule has 1 aromatic carbocycles. The van der Waals surface area contributed by atoms with E-state index in [1.807, 2.05) is 24.3 Å². The van der Waals surface area contributed by atoms with Gasteiger partial charge in [0.2, 0.25) is 11.8 Å². The molecule has 1 aromatic rings. The first-order valence-corrected chi connectivity index (χ1v) is 5.97. The quantitative estimate of drug-likeness (QED) is 0.609. The summed E-state index contributed by atoms with van der Waals surface area (Å²) >= 11 is 1.35. The van der Waals surface area contributed by atoms with Crippen molar-refractivity contribution in [2.75, 3.05) is 11.9 Å². The minimum absolute atomic E-state index is 0.0291. The van der Waals surface area contributed by atoms with Crippen molar-refractivity contribution in [3.8, 4) is 0 Å². The minimum Gasteiger partial charge on any atom is -0.313 e. The topological polar surface area (TPSA) is 69.6 Å². The first kappa shape index (κ1) is 11.9. The van der Waals surface area contributed by atoms with Crippen molar-refractivity contribution < 1.29 is 14.8 Å². The van der Waals surface area contributed by atoms with Crippen molar-refractivity contribution in [1.82, 2.24) is 5.48 Å². The normalized spacial score (nSPS) is 18.8. The average Bonchev–Trinajstić information content (AvgIpc) is 2.35. The van der Waals surface area contributed by atoms with Gasteiger partial charge in [-0.2, -0.15) is 0 Å². The van der Waals surface area contributed by atoms with E-state index in [0.29, 0.717) is 0 Å².